The lowest BCUT2D eigenvalue weighted by Crippen LogP contribution is -2.05. The van der Waals surface area contributed by atoms with Gasteiger partial charge in [0.2, 0.25) is 11.8 Å². The first kappa shape index (κ1) is 12.3. The van der Waals surface area contributed by atoms with Crippen molar-refractivity contribution in [3.05, 3.63) is 16.7 Å². The largest absolute Gasteiger partial charge is 0.481 e. The molecule has 16 heavy (non-hydrogen) atoms. The van der Waals surface area contributed by atoms with Gasteiger partial charge in [-0.3, -0.25) is 0 Å². The Hall–Kier alpha value is -1.80. The van der Waals surface area contributed by atoms with Crippen LogP contribution < -0.4 is 9.47 Å². The van der Waals surface area contributed by atoms with Gasteiger partial charge >= 0.3 is 0 Å². The summed E-state index contributed by atoms with van der Waals surface area (Å²) in [6, 6.07) is 2.04. The van der Waals surface area contributed by atoms with Gasteiger partial charge in [-0.05, 0) is 12.5 Å². The average Bonchev–Trinajstić information content (AvgIpc) is 2.31. The minimum absolute atomic E-state index is 0.0178. The van der Waals surface area contributed by atoms with Crippen LogP contribution >= 0.6 is 0 Å². The van der Waals surface area contributed by atoms with Crippen molar-refractivity contribution in [3.63, 3.8) is 0 Å². The molecule has 1 heterocycles. The van der Waals surface area contributed by atoms with Gasteiger partial charge in [-0.2, -0.15) is 10.2 Å². The minimum atomic E-state index is -0.0178. The Labute approximate surface area is 94.3 Å². The molecule has 0 atom stereocenters. The van der Waals surface area contributed by atoms with Crippen LogP contribution in [0.3, 0.4) is 0 Å². The standard InChI is InChI=1S/C11H14N2O3/c1-7-8(4-5-14)10(15-2)13-11(16-3)9(7)6-12/h14H,4-5H2,1-3H3. The quantitative estimate of drug-likeness (QED) is 0.816. The monoisotopic (exact) mass is 222 g/mol. The fraction of sp³-hybridized carbons (Fsp3) is 0.455. The van der Waals surface area contributed by atoms with Crippen LogP contribution in [-0.4, -0.2) is 30.9 Å². The smallest absolute Gasteiger partial charge is 0.235 e. The molecule has 0 radical (unpaired) electrons. The molecule has 1 aromatic rings. The Morgan fingerprint density at radius 2 is 1.94 bits per heavy atom. The zero-order chi connectivity index (χ0) is 12.1. The third-order valence-corrected chi connectivity index (χ3v) is 2.36. The highest BCUT2D eigenvalue weighted by Gasteiger charge is 2.17. The second-order valence-electron chi connectivity index (χ2n) is 3.19. The maximum Gasteiger partial charge on any atom is 0.235 e. The van der Waals surface area contributed by atoms with Crippen molar-refractivity contribution in [1.29, 1.82) is 5.26 Å². The summed E-state index contributed by atoms with van der Waals surface area (Å²) in [6.45, 7) is 1.77. The van der Waals surface area contributed by atoms with Gasteiger partial charge in [-0.15, -0.1) is 0 Å². The zero-order valence-corrected chi connectivity index (χ0v) is 9.57. The number of pyridine rings is 1. The molecule has 0 amide bonds. The summed E-state index contributed by atoms with van der Waals surface area (Å²) in [5, 5.41) is 18.0. The van der Waals surface area contributed by atoms with Crippen molar-refractivity contribution in [2.24, 2.45) is 0 Å². The first-order valence-electron chi connectivity index (χ1n) is 4.82. The molecule has 1 N–H and O–H groups in total. The molecule has 0 saturated heterocycles. The van der Waals surface area contributed by atoms with Crippen LogP contribution in [0.25, 0.3) is 0 Å². The highest BCUT2D eigenvalue weighted by Crippen LogP contribution is 2.29. The van der Waals surface area contributed by atoms with E-state index in [1.807, 2.05) is 6.07 Å². The van der Waals surface area contributed by atoms with Crippen LogP contribution in [0.1, 0.15) is 16.7 Å². The number of ether oxygens (including phenoxy) is 2. The molecular formula is C11H14N2O3. The van der Waals surface area contributed by atoms with E-state index in [-0.39, 0.29) is 12.5 Å². The number of methoxy groups -OCH3 is 2. The number of aromatic nitrogens is 1. The molecule has 0 saturated carbocycles. The fourth-order valence-corrected chi connectivity index (χ4v) is 1.54. The zero-order valence-electron chi connectivity index (χ0n) is 9.57. The molecule has 1 aromatic heterocycles. The second-order valence-corrected chi connectivity index (χ2v) is 3.19. The van der Waals surface area contributed by atoms with Gasteiger partial charge in [-0.1, -0.05) is 0 Å². The van der Waals surface area contributed by atoms with E-state index in [4.69, 9.17) is 19.8 Å². The van der Waals surface area contributed by atoms with Gasteiger partial charge in [0, 0.05) is 18.6 Å². The highest BCUT2D eigenvalue weighted by atomic mass is 16.5. The van der Waals surface area contributed by atoms with Crippen LogP contribution in [0.4, 0.5) is 0 Å². The summed E-state index contributed by atoms with van der Waals surface area (Å²) in [5.74, 6) is 0.640. The molecule has 0 aliphatic rings. The van der Waals surface area contributed by atoms with Gasteiger partial charge < -0.3 is 14.6 Å². The Balaban J connectivity index is 3.43. The van der Waals surface area contributed by atoms with E-state index in [9.17, 15) is 0 Å². The molecule has 1 rings (SSSR count). The third-order valence-electron chi connectivity index (χ3n) is 2.36. The number of nitrogens with zero attached hydrogens (tertiary/aromatic N) is 2. The molecule has 0 aliphatic heterocycles. The van der Waals surface area contributed by atoms with E-state index in [1.165, 1.54) is 14.2 Å². The Morgan fingerprint density at radius 3 is 2.38 bits per heavy atom. The fourth-order valence-electron chi connectivity index (χ4n) is 1.54. The van der Waals surface area contributed by atoms with Gasteiger partial charge in [0.25, 0.3) is 0 Å². The van der Waals surface area contributed by atoms with Crippen molar-refractivity contribution in [1.82, 2.24) is 4.98 Å². The van der Waals surface area contributed by atoms with E-state index in [0.717, 1.165) is 11.1 Å². The SMILES string of the molecule is COc1nc(OC)c(CCO)c(C)c1C#N. The molecule has 0 spiro atoms. The maximum atomic E-state index is 9.01. The molecule has 0 bridgehead atoms. The number of rotatable bonds is 4. The van der Waals surface area contributed by atoms with Crippen molar-refractivity contribution < 1.29 is 14.6 Å². The second kappa shape index (κ2) is 5.33. The van der Waals surface area contributed by atoms with E-state index >= 15 is 0 Å². The van der Waals surface area contributed by atoms with Crippen molar-refractivity contribution in [3.8, 4) is 17.8 Å². The Bertz CT molecular complexity index is 424. The van der Waals surface area contributed by atoms with Crippen molar-refractivity contribution in [2.75, 3.05) is 20.8 Å². The summed E-state index contributed by atoms with van der Waals surface area (Å²) in [7, 11) is 2.95. The lowest BCUT2D eigenvalue weighted by atomic mass is 10.0. The maximum absolute atomic E-state index is 9.01. The van der Waals surface area contributed by atoms with Gasteiger partial charge in [0.1, 0.15) is 11.6 Å². The molecule has 0 unspecified atom stereocenters. The topological polar surface area (TPSA) is 75.4 Å². The minimum Gasteiger partial charge on any atom is -0.481 e. The molecule has 86 valence electrons. The molecule has 5 heteroatoms. The molecule has 0 aromatic carbocycles. The molecular weight excluding hydrogens is 208 g/mol. The Morgan fingerprint density at radius 1 is 1.31 bits per heavy atom. The normalized spacial score (nSPS) is 9.69. The van der Waals surface area contributed by atoms with Crippen LogP contribution in [0.2, 0.25) is 0 Å². The summed E-state index contributed by atoms with van der Waals surface area (Å²) in [5.41, 5.74) is 1.86. The highest BCUT2D eigenvalue weighted by molar-refractivity contribution is 5.51. The first-order valence-corrected chi connectivity index (χ1v) is 4.82. The van der Waals surface area contributed by atoms with E-state index in [1.54, 1.807) is 6.92 Å². The van der Waals surface area contributed by atoms with Crippen LogP contribution in [0.5, 0.6) is 11.8 Å². The van der Waals surface area contributed by atoms with E-state index in [2.05, 4.69) is 4.98 Å². The molecule has 5 nitrogen and oxygen atoms in total. The first-order chi connectivity index (χ1) is 7.69. The van der Waals surface area contributed by atoms with Crippen molar-refractivity contribution in [2.45, 2.75) is 13.3 Å². The lowest BCUT2D eigenvalue weighted by molar-refractivity contribution is 0.294. The number of nitriles is 1. The van der Waals surface area contributed by atoms with Crippen LogP contribution in [0, 0.1) is 18.3 Å². The van der Waals surface area contributed by atoms with Gasteiger partial charge in [0.15, 0.2) is 0 Å². The summed E-state index contributed by atoms with van der Waals surface area (Å²) < 4.78 is 10.1. The number of hydrogen-bond donors (Lipinski definition) is 1. The van der Waals surface area contributed by atoms with E-state index < -0.39 is 0 Å². The van der Waals surface area contributed by atoms with Crippen LogP contribution in [-0.2, 0) is 6.42 Å². The molecule has 0 aliphatic carbocycles. The third kappa shape index (κ3) is 2.07. The number of aliphatic hydroxyl groups is 1. The summed E-state index contributed by atoms with van der Waals surface area (Å²) in [6.07, 6.45) is 0.403. The van der Waals surface area contributed by atoms with Gasteiger partial charge in [-0.25, -0.2) is 0 Å². The Kier molecular flexibility index (Phi) is 4.09. The number of aliphatic hydroxyl groups excluding tert-OH is 1. The van der Waals surface area contributed by atoms with Crippen molar-refractivity contribution >= 4 is 0 Å². The predicted molar refractivity (Wildman–Crippen MR) is 57.6 cm³/mol. The summed E-state index contributed by atoms with van der Waals surface area (Å²) >= 11 is 0. The predicted octanol–water partition coefficient (Wildman–Crippen LogP) is 0.814. The van der Waals surface area contributed by atoms with E-state index in [0.29, 0.717) is 17.9 Å². The van der Waals surface area contributed by atoms with Gasteiger partial charge in [0.05, 0.1) is 14.2 Å². The summed E-state index contributed by atoms with van der Waals surface area (Å²) in [4.78, 5) is 4.08. The van der Waals surface area contributed by atoms with Crippen LogP contribution in [0.15, 0.2) is 0 Å². The number of hydrogen-bond acceptors (Lipinski definition) is 5. The lowest BCUT2D eigenvalue weighted by Gasteiger charge is -2.13. The average molecular weight is 222 g/mol. The molecule has 0 fully saturated rings.